The molecule has 1 N–H and O–H groups in total. The number of non-ortho nitro benzene ring substituents is 1. The number of piperidine rings is 1. The summed E-state index contributed by atoms with van der Waals surface area (Å²) >= 11 is 0. The first-order chi connectivity index (χ1) is 11.2. The summed E-state index contributed by atoms with van der Waals surface area (Å²) in [6.45, 7) is 4.84. The van der Waals surface area contributed by atoms with Crippen molar-refractivity contribution in [2.24, 2.45) is 0 Å². The Kier molecular flexibility index (Phi) is 5.13. The van der Waals surface area contributed by atoms with Crippen LogP contribution in [0.5, 0.6) is 0 Å². The van der Waals surface area contributed by atoms with Crippen molar-refractivity contribution in [1.29, 1.82) is 0 Å². The number of hydrogen-bond acceptors (Lipinski definition) is 5. The molecule has 1 aromatic carbocycles. The van der Waals surface area contributed by atoms with Gasteiger partial charge in [0.2, 0.25) is 0 Å². The lowest BCUT2D eigenvalue weighted by Crippen LogP contribution is -2.57. The van der Waals surface area contributed by atoms with E-state index in [0.29, 0.717) is 0 Å². The van der Waals surface area contributed by atoms with E-state index in [4.69, 9.17) is 4.74 Å². The van der Waals surface area contributed by atoms with Crippen molar-refractivity contribution in [1.82, 2.24) is 4.90 Å². The van der Waals surface area contributed by atoms with Gasteiger partial charge >= 0.3 is 0 Å². The normalized spacial score (nSPS) is 21.7. The Morgan fingerprint density at radius 2 is 1.78 bits per heavy atom. The first kappa shape index (κ1) is 16.2. The van der Waals surface area contributed by atoms with Gasteiger partial charge < -0.3 is 10.1 Å². The average molecular weight is 319 g/mol. The van der Waals surface area contributed by atoms with Gasteiger partial charge in [-0.25, -0.2) is 0 Å². The molecule has 0 atom stereocenters. The zero-order valence-corrected chi connectivity index (χ0v) is 13.5. The summed E-state index contributed by atoms with van der Waals surface area (Å²) in [4.78, 5) is 13.0. The van der Waals surface area contributed by atoms with Crippen LogP contribution >= 0.6 is 0 Å². The second-order valence-electron chi connectivity index (χ2n) is 6.54. The molecule has 2 saturated heterocycles. The van der Waals surface area contributed by atoms with Crippen LogP contribution in [0.15, 0.2) is 24.3 Å². The lowest BCUT2D eigenvalue weighted by atomic mass is 9.86. The van der Waals surface area contributed by atoms with Gasteiger partial charge in [0.25, 0.3) is 5.69 Å². The molecule has 6 nitrogen and oxygen atoms in total. The van der Waals surface area contributed by atoms with Gasteiger partial charge in [0, 0.05) is 43.1 Å². The third-order valence-corrected chi connectivity index (χ3v) is 5.15. The fraction of sp³-hybridized carbons (Fsp3) is 0.647. The zero-order chi connectivity index (χ0) is 16.1. The van der Waals surface area contributed by atoms with Crippen LogP contribution in [0.25, 0.3) is 0 Å². The predicted octanol–water partition coefficient (Wildman–Crippen LogP) is 3.04. The van der Waals surface area contributed by atoms with E-state index in [9.17, 15) is 10.1 Å². The molecule has 2 heterocycles. The Morgan fingerprint density at radius 1 is 1.13 bits per heavy atom. The van der Waals surface area contributed by atoms with Gasteiger partial charge in [-0.2, -0.15) is 0 Å². The maximum atomic E-state index is 10.7. The highest BCUT2D eigenvalue weighted by molar-refractivity contribution is 5.48. The van der Waals surface area contributed by atoms with Gasteiger partial charge in [0.15, 0.2) is 0 Å². The molecule has 0 aliphatic carbocycles. The lowest BCUT2D eigenvalue weighted by molar-refractivity contribution is -0.384. The topological polar surface area (TPSA) is 67.6 Å². The van der Waals surface area contributed by atoms with Crippen LogP contribution in [0.4, 0.5) is 11.4 Å². The number of rotatable bonds is 5. The number of nitrogens with zero attached hydrogens (tertiary/aromatic N) is 2. The Balaban J connectivity index is 1.67. The molecule has 0 bridgehead atoms. The van der Waals surface area contributed by atoms with Crippen LogP contribution in [-0.4, -0.2) is 48.2 Å². The summed E-state index contributed by atoms with van der Waals surface area (Å²) in [6.07, 6.45) is 5.99. The summed E-state index contributed by atoms with van der Waals surface area (Å²) < 4.78 is 5.58. The molecule has 2 aliphatic heterocycles. The van der Waals surface area contributed by atoms with Crippen LogP contribution in [0.1, 0.15) is 32.1 Å². The summed E-state index contributed by atoms with van der Waals surface area (Å²) in [5.74, 6) is 0. The molecule has 1 aromatic rings. The highest BCUT2D eigenvalue weighted by Crippen LogP contribution is 2.31. The van der Waals surface area contributed by atoms with E-state index in [1.165, 1.54) is 32.4 Å². The number of nitrogens with one attached hydrogen (secondary N) is 1. The van der Waals surface area contributed by atoms with Crippen LogP contribution in [0, 0.1) is 10.1 Å². The van der Waals surface area contributed by atoms with Crippen LogP contribution in [0.3, 0.4) is 0 Å². The third-order valence-electron chi connectivity index (χ3n) is 5.15. The van der Waals surface area contributed by atoms with Crippen LogP contribution in [-0.2, 0) is 4.74 Å². The molecule has 0 saturated carbocycles. The molecule has 6 heteroatoms. The summed E-state index contributed by atoms with van der Waals surface area (Å²) in [5, 5.41) is 14.2. The standard InChI is InChI=1S/C17H25N3O3/c21-20(22)16-6-4-15(5-7-16)18-14-17(8-12-23-13-9-17)19-10-2-1-3-11-19/h4-7,18H,1-3,8-14H2. The molecule has 2 aliphatic rings. The number of anilines is 1. The van der Waals surface area contributed by atoms with Crippen molar-refractivity contribution in [2.45, 2.75) is 37.6 Å². The number of ether oxygens (including phenoxy) is 1. The SMILES string of the molecule is O=[N+]([O-])c1ccc(NCC2(N3CCCCC3)CCOCC2)cc1. The fourth-order valence-electron chi connectivity index (χ4n) is 3.69. The molecule has 126 valence electrons. The summed E-state index contributed by atoms with van der Waals surface area (Å²) in [6, 6.07) is 6.70. The van der Waals surface area contributed by atoms with Gasteiger partial charge in [0.1, 0.15) is 0 Å². The minimum atomic E-state index is -0.364. The predicted molar refractivity (Wildman–Crippen MR) is 89.8 cm³/mol. The molecule has 23 heavy (non-hydrogen) atoms. The number of nitro benzene ring substituents is 1. The molecule has 0 unspecified atom stereocenters. The number of nitro groups is 1. The van der Waals surface area contributed by atoms with Gasteiger partial charge in [-0.05, 0) is 50.9 Å². The van der Waals surface area contributed by atoms with E-state index in [1.807, 2.05) is 0 Å². The quantitative estimate of drug-likeness (QED) is 0.667. The fourth-order valence-corrected chi connectivity index (χ4v) is 3.69. The molecule has 0 radical (unpaired) electrons. The first-order valence-corrected chi connectivity index (χ1v) is 8.51. The van der Waals surface area contributed by atoms with E-state index in [0.717, 1.165) is 38.3 Å². The first-order valence-electron chi connectivity index (χ1n) is 8.51. The molecule has 0 spiro atoms. The largest absolute Gasteiger partial charge is 0.383 e. The number of benzene rings is 1. The van der Waals surface area contributed by atoms with E-state index in [2.05, 4.69) is 10.2 Å². The highest BCUT2D eigenvalue weighted by Gasteiger charge is 2.38. The highest BCUT2D eigenvalue weighted by atomic mass is 16.6. The lowest BCUT2D eigenvalue weighted by Gasteiger charge is -2.48. The maximum absolute atomic E-state index is 10.7. The molecular weight excluding hydrogens is 294 g/mol. The van der Waals surface area contributed by atoms with Gasteiger partial charge in [-0.3, -0.25) is 15.0 Å². The van der Waals surface area contributed by atoms with Crippen LogP contribution in [0.2, 0.25) is 0 Å². The zero-order valence-electron chi connectivity index (χ0n) is 13.5. The number of hydrogen-bond donors (Lipinski definition) is 1. The van der Waals surface area contributed by atoms with E-state index in [1.54, 1.807) is 24.3 Å². The molecule has 3 rings (SSSR count). The molecule has 0 amide bonds. The van der Waals surface area contributed by atoms with Gasteiger partial charge in [-0.15, -0.1) is 0 Å². The second kappa shape index (κ2) is 7.27. The van der Waals surface area contributed by atoms with Crippen molar-refractivity contribution < 1.29 is 9.66 Å². The third kappa shape index (κ3) is 3.82. The smallest absolute Gasteiger partial charge is 0.269 e. The average Bonchev–Trinajstić information content (AvgIpc) is 2.62. The molecule has 0 aromatic heterocycles. The monoisotopic (exact) mass is 319 g/mol. The van der Waals surface area contributed by atoms with Gasteiger partial charge in [0.05, 0.1) is 4.92 Å². The second-order valence-corrected chi connectivity index (χ2v) is 6.54. The summed E-state index contributed by atoms with van der Waals surface area (Å²) in [5.41, 5.74) is 1.23. The Labute approximate surface area is 137 Å². The maximum Gasteiger partial charge on any atom is 0.269 e. The molecular formula is C17H25N3O3. The van der Waals surface area contributed by atoms with E-state index in [-0.39, 0.29) is 16.1 Å². The van der Waals surface area contributed by atoms with Crippen molar-refractivity contribution in [2.75, 3.05) is 38.2 Å². The minimum Gasteiger partial charge on any atom is -0.383 e. The van der Waals surface area contributed by atoms with Crippen molar-refractivity contribution in [3.63, 3.8) is 0 Å². The summed E-state index contributed by atoms with van der Waals surface area (Å²) in [7, 11) is 0. The van der Waals surface area contributed by atoms with E-state index < -0.39 is 0 Å². The van der Waals surface area contributed by atoms with Crippen molar-refractivity contribution >= 4 is 11.4 Å². The molecule has 2 fully saturated rings. The van der Waals surface area contributed by atoms with Crippen molar-refractivity contribution in [3.8, 4) is 0 Å². The Bertz CT molecular complexity index is 520. The number of likely N-dealkylation sites (tertiary alicyclic amines) is 1. The van der Waals surface area contributed by atoms with E-state index >= 15 is 0 Å². The van der Waals surface area contributed by atoms with Crippen LogP contribution < -0.4 is 5.32 Å². The minimum absolute atomic E-state index is 0.132. The Morgan fingerprint density at radius 3 is 2.39 bits per heavy atom. The van der Waals surface area contributed by atoms with Crippen molar-refractivity contribution in [3.05, 3.63) is 34.4 Å². The Hall–Kier alpha value is -1.66. The van der Waals surface area contributed by atoms with Gasteiger partial charge in [-0.1, -0.05) is 6.42 Å².